The summed E-state index contributed by atoms with van der Waals surface area (Å²) in [6.07, 6.45) is 4.65. The molecule has 42 heavy (non-hydrogen) atoms. The Morgan fingerprint density at radius 1 is 1.10 bits per heavy atom. The fraction of sp³-hybridized carbons (Fsp3) is 0.710. The van der Waals surface area contributed by atoms with Crippen LogP contribution < -0.4 is 9.47 Å². The van der Waals surface area contributed by atoms with E-state index >= 15 is 0 Å². The second kappa shape index (κ2) is 14.2. The Hall–Kier alpha value is -3.37. The number of ketones is 1. The van der Waals surface area contributed by atoms with E-state index in [1.165, 1.54) is 0 Å². The number of carbonyl (C=O) groups is 3. The lowest BCUT2D eigenvalue weighted by molar-refractivity contribution is -0.757. The molecule has 1 aliphatic carbocycles. The zero-order valence-corrected chi connectivity index (χ0v) is 25.7. The smallest absolute Gasteiger partial charge is 0.487 e. The van der Waals surface area contributed by atoms with Crippen LogP contribution >= 0.6 is 0 Å². The second-order valence-corrected chi connectivity index (χ2v) is 12.7. The summed E-state index contributed by atoms with van der Waals surface area (Å²) in [5.41, 5.74) is 0.806. The minimum absolute atomic E-state index is 0.0774. The average Bonchev–Trinajstić information content (AvgIpc) is 2.89. The van der Waals surface area contributed by atoms with Gasteiger partial charge in [-0.3, -0.25) is 9.59 Å². The van der Waals surface area contributed by atoms with Gasteiger partial charge in [0.2, 0.25) is 0 Å². The van der Waals surface area contributed by atoms with Crippen molar-refractivity contribution in [2.24, 2.45) is 11.8 Å². The number of carbonyl (C=O) groups excluding carboxylic acids is 3. The molecule has 0 radical (unpaired) electrons. The van der Waals surface area contributed by atoms with Crippen LogP contribution in [0.25, 0.3) is 0 Å². The quantitative estimate of drug-likeness (QED) is 0.0778. The first-order valence-electron chi connectivity index (χ1n) is 14.9. The normalized spacial score (nSPS) is 19.3. The van der Waals surface area contributed by atoms with Crippen LogP contribution in [-0.2, 0) is 29.3 Å². The molecule has 1 aromatic carbocycles. The molecule has 0 spiro atoms. The first kappa shape index (κ1) is 33.1. The maximum atomic E-state index is 12.8. The Kier molecular flexibility index (Phi) is 11.2. The molecule has 11 nitrogen and oxygen atoms in total. The minimum atomic E-state index is -0.923. The van der Waals surface area contributed by atoms with Crippen molar-refractivity contribution in [3.05, 3.63) is 33.4 Å². The molecule has 0 saturated heterocycles. The van der Waals surface area contributed by atoms with Gasteiger partial charge in [0.1, 0.15) is 36.1 Å². The number of Topliss-reactive ketones (excluding diaryl/α,β-unsaturated/α-hetero) is 1. The molecule has 1 saturated carbocycles. The van der Waals surface area contributed by atoms with E-state index in [-0.39, 0.29) is 54.7 Å². The minimum Gasteiger partial charge on any atom is -0.487 e. The maximum Gasteiger partial charge on any atom is 0.513 e. The van der Waals surface area contributed by atoms with Gasteiger partial charge in [0.05, 0.1) is 12.5 Å². The van der Waals surface area contributed by atoms with Crippen molar-refractivity contribution in [1.82, 2.24) is 0 Å². The van der Waals surface area contributed by atoms with Gasteiger partial charge in [-0.05, 0) is 56.2 Å². The third-order valence-corrected chi connectivity index (χ3v) is 8.29. The van der Waals surface area contributed by atoms with Crippen LogP contribution in [0.1, 0.15) is 110 Å². The van der Waals surface area contributed by atoms with Crippen molar-refractivity contribution in [3.8, 4) is 11.5 Å². The highest BCUT2D eigenvalue weighted by Crippen LogP contribution is 2.55. The molecule has 0 amide bonds. The van der Waals surface area contributed by atoms with Gasteiger partial charge >= 0.3 is 12.1 Å². The molecule has 234 valence electrons. The number of rotatable bonds is 14. The van der Waals surface area contributed by atoms with Crippen molar-refractivity contribution >= 4 is 17.9 Å². The summed E-state index contributed by atoms with van der Waals surface area (Å²) in [7, 11) is 0. The number of unbranched alkanes of at least 4 members (excludes halogenated alkanes) is 3. The molecular weight excluding hydrogens is 546 g/mol. The van der Waals surface area contributed by atoms with Gasteiger partial charge in [-0.25, -0.2) is 4.79 Å². The molecule has 0 bridgehead atoms. The summed E-state index contributed by atoms with van der Waals surface area (Å²) >= 11 is 0. The number of benzene rings is 1. The third kappa shape index (κ3) is 8.82. The Bertz CT molecular complexity index is 1140. The van der Waals surface area contributed by atoms with Crippen LogP contribution in [0.4, 0.5) is 4.79 Å². The average molecular weight is 592 g/mol. The second-order valence-electron chi connectivity index (χ2n) is 12.7. The lowest BCUT2D eigenvalue weighted by Crippen LogP contribution is -2.47. The molecule has 2 aliphatic rings. The Morgan fingerprint density at radius 2 is 1.79 bits per heavy atom. The fourth-order valence-corrected chi connectivity index (χ4v) is 5.89. The van der Waals surface area contributed by atoms with Gasteiger partial charge in [0, 0.05) is 30.2 Å². The SMILES string of the molecule is CC(C)C(=O)OCCOC(=O)Oc1cc(C(C)(C)CCCCCCO[N+](=O)[O-])cc2c1[C@@H]1CC(=O)CC[C@H]1C(C)(C)O2. The monoisotopic (exact) mass is 591 g/mol. The highest BCUT2D eigenvalue weighted by Gasteiger charge is 2.48. The molecule has 11 heteroatoms. The number of nitrogens with zero attached hydrogens (tertiary/aromatic N) is 1. The van der Waals surface area contributed by atoms with E-state index in [0.717, 1.165) is 31.2 Å². The molecule has 1 aliphatic heterocycles. The van der Waals surface area contributed by atoms with E-state index in [1.807, 2.05) is 26.0 Å². The summed E-state index contributed by atoms with van der Waals surface area (Å²) in [6.45, 7) is 11.6. The van der Waals surface area contributed by atoms with E-state index in [0.29, 0.717) is 42.7 Å². The van der Waals surface area contributed by atoms with Gasteiger partial charge in [-0.2, -0.15) is 0 Å². The van der Waals surface area contributed by atoms with E-state index < -0.39 is 16.8 Å². The van der Waals surface area contributed by atoms with Crippen molar-refractivity contribution in [2.45, 2.75) is 110 Å². The summed E-state index contributed by atoms with van der Waals surface area (Å²) in [5, 5.41) is 9.55. The topological polar surface area (TPSA) is 140 Å². The lowest BCUT2D eigenvalue weighted by atomic mass is 9.66. The molecule has 0 aromatic heterocycles. The predicted molar refractivity (Wildman–Crippen MR) is 153 cm³/mol. The number of fused-ring (bicyclic) bond motifs is 3. The van der Waals surface area contributed by atoms with Gasteiger partial charge in [-0.1, -0.05) is 47.0 Å². The van der Waals surface area contributed by atoms with Crippen molar-refractivity contribution in [1.29, 1.82) is 0 Å². The maximum absolute atomic E-state index is 12.8. The molecule has 1 aromatic rings. The summed E-state index contributed by atoms with van der Waals surface area (Å²) < 4.78 is 22.6. The number of esters is 1. The van der Waals surface area contributed by atoms with Crippen LogP contribution in [0.15, 0.2) is 12.1 Å². The standard InChI is InChI=1S/C31H45NO10/c1-20(2)28(34)38-15-16-39-29(35)41-25-17-21(30(3,4)13-9-7-8-10-14-40-32(36)37)18-26-27(25)23-19-22(33)11-12-24(23)31(5,6)42-26/h17-18,20,23-24H,7-16,19H2,1-6H3/t23-,24-/m1/s1. The Balaban J connectivity index is 1.80. The van der Waals surface area contributed by atoms with Crippen LogP contribution in [-0.4, -0.2) is 48.4 Å². The van der Waals surface area contributed by atoms with Crippen LogP contribution in [0.2, 0.25) is 0 Å². The zero-order valence-electron chi connectivity index (χ0n) is 25.7. The van der Waals surface area contributed by atoms with Crippen LogP contribution in [0.5, 0.6) is 11.5 Å². The Labute approximate surface area is 247 Å². The largest absolute Gasteiger partial charge is 0.513 e. The highest BCUT2D eigenvalue weighted by molar-refractivity contribution is 5.81. The van der Waals surface area contributed by atoms with E-state index in [9.17, 15) is 24.5 Å². The van der Waals surface area contributed by atoms with E-state index in [1.54, 1.807) is 13.8 Å². The third-order valence-electron chi connectivity index (χ3n) is 8.29. The first-order chi connectivity index (χ1) is 19.7. The van der Waals surface area contributed by atoms with Crippen LogP contribution in [0.3, 0.4) is 0 Å². The van der Waals surface area contributed by atoms with Crippen molar-refractivity contribution in [3.63, 3.8) is 0 Å². The van der Waals surface area contributed by atoms with Gasteiger partial charge in [-0.15, -0.1) is 10.1 Å². The summed E-state index contributed by atoms with van der Waals surface area (Å²) in [6, 6.07) is 3.85. The van der Waals surface area contributed by atoms with Crippen LogP contribution in [0, 0.1) is 22.0 Å². The number of ether oxygens (including phenoxy) is 4. The Morgan fingerprint density at radius 3 is 2.48 bits per heavy atom. The molecule has 2 atom stereocenters. The molecule has 3 rings (SSSR count). The van der Waals surface area contributed by atoms with Crippen molar-refractivity contribution in [2.75, 3.05) is 19.8 Å². The fourth-order valence-electron chi connectivity index (χ4n) is 5.89. The summed E-state index contributed by atoms with van der Waals surface area (Å²) in [5.74, 6) is 0.353. The van der Waals surface area contributed by atoms with E-state index in [2.05, 4.69) is 18.7 Å². The number of hydrogen-bond acceptors (Lipinski definition) is 10. The molecule has 0 unspecified atom stereocenters. The van der Waals surface area contributed by atoms with Gasteiger partial charge < -0.3 is 23.8 Å². The van der Waals surface area contributed by atoms with Crippen molar-refractivity contribution < 1.29 is 43.3 Å². The molecular formula is C31H45NO10. The zero-order chi connectivity index (χ0) is 31.1. The number of hydrogen-bond donors (Lipinski definition) is 0. The molecule has 1 fully saturated rings. The molecule has 1 heterocycles. The predicted octanol–water partition coefficient (Wildman–Crippen LogP) is 6.46. The van der Waals surface area contributed by atoms with E-state index in [4.69, 9.17) is 18.9 Å². The first-order valence-corrected chi connectivity index (χ1v) is 14.9. The molecule has 0 N–H and O–H groups in total. The van der Waals surface area contributed by atoms with Gasteiger partial charge in [0.25, 0.3) is 5.09 Å². The lowest BCUT2D eigenvalue weighted by Gasteiger charge is -2.47. The highest BCUT2D eigenvalue weighted by atomic mass is 16.9. The summed E-state index contributed by atoms with van der Waals surface area (Å²) in [4.78, 5) is 51.7. The van der Waals surface area contributed by atoms with Gasteiger partial charge in [0.15, 0.2) is 0 Å².